The summed E-state index contributed by atoms with van der Waals surface area (Å²) in [7, 11) is 1.73. The lowest BCUT2D eigenvalue weighted by molar-refractivity contribution is -0.137. The summed E-state index contributed by atoms with van der Waals surface area (Å²) in [6.07, 6.45) is -2.12. The van der Waals surface area contributed by atoms with Gasteiger partial charge in [-0.05, 0) is 37.1 Å². The number of alkyl halides is 3. The Balaban J connectivity index is 2.64. The molecule has 0 radical (unpaired) electrons. The molecular weight excluding hydrogens is 279 g/mol. The van der Waals surface area contributed by atoms with E-state index in [0.717, 1.165) is 18.9 Å². The summed E-state index contributed by atoms with van der Waals surface area (Å²) in [5.74, 6) is 0.467. The molecule has 0 bridgehead atoms. The van der Waals surface area contributed by atoms with Crippen molar-refractivity contribution in [3.05, 3.63) is 35.4 Å². The molecule has 0 saturated heterocycles. The highest BCUT2D eigenvalue weighted by Gasteiger charge is 2.30. The SMILES string of the molecule is CCCC(C)COCC(NC)c1cccc(C(F)(F)F)c1. The van der Waals surface area contributed by atoms with Crippen LogP contribution in [0.3, 0.4) is 0 Å². The number of nitrogens with one attached hydrogen (secondary N) is 1. The highest BCUT2D eigenvalue weighted by atomic mass is 19.4. The largest absolute Gasteiger partial charge is 0.416 e. The summed E-state index contributed by atoms with van der Waals surface area (Å²) in [6.45, 7) is 5.23. The second-order valence-corrected chi connectivity index (χ2v) is 5.40. The Kier molecular flexibility index (Phi) is 7.18. The van der Waals surface area contributed by atoms with Gasteiger partial charge in [0.25, 0.3) is 0 Å². The molecule has 0 amide bonds. The number of ether oxygens (including phenoxy) is 1. The van der Waals surface area contributed by atoms with Gasteiger partial charge in [-0.1, -0.05) is 32.4 Å². The molecule has 0 aliphatic heterocycles. The van der Waals surface area contributed by atoms with Gasteiger partial charge >= 0.3 is 6.18 Å². The Morgan fingerprint density at radius 2 is 1.95 bits per heavy atom. The van der Waals surface area contributed by atoms with Crippen molar-refractivity contribution in [3.8, 4) is 0 Å². The Morgan fingerprint density at radius 3 is 2.52 bits per heavy atom. The van der Waals surface area contributed by atoms with E-state index in [2.05, 4.69) is 19.2 Å². The highest BCUT2D eigenvalue weighted by Crippen LogP contribution is 2.30. The molecule has 0 saturated carbocycles. The molecule has 2 atom stereocenters. The molecule has 0 fully saturated rings. The van der Waals surface area contributed by atoms with Gasteiger partial charge in [-0.3, -0.25) is 0 Å². The van der Waals surface area contributed by atoms with Crippen LogP contribution >= 0.6 is 0 Å². The van der Waals surface area contributed by atoms with Gasteiger partial charge in [0.1, 0.15) is 0 Å². The van der Waals surface area contributed by atoms with Crippen LogP contribution < -0.4 is 5.32 Å². The maximum Gasteiger partial charge on any atom is 0.416 e. The first-order valence-corrected chi connectivity index (χ1v) is 7.30. The van der Waals surface area contributed by atoms with Gasteiger partial charge in [0.15, 0.2) is 0 Å². The first-order chi connectivity index (χ1) is 9.88. The lowest BCUT2D eigenvalue weighted by atomic mass is 10.0. The second-order valence-electron chi connectivity index (χ2n) is 5.40. The summed E-state index contributed by atoms with van der Waals surface area (Å²) in [5.41, 5.74) is -0.0323. The molecule has 1 rings (SSSR count). The zero-order chi connectivity index (χ0) is 15.9. The third-order valence-corrected chi connectivity index (χ3v) is 3.43. The highest BCUT2D eigenvalue weighted by molar-refractivity contribution is 5.28. The van der Waals surface area contributed by atoms with Crippen molar-refractivity contribution in [3.63, 3.8) is 0 Å². The van der Waals surface area contributed by atoms with Crippen molar-refractivity contribution in [1.29, 1.82) is 0 Å². The summed E-state index contributed by atoms with van der Waals surface area (Å²) in [4.78, 5) is 0. The fourth-order valence-corrected chi connectivity index (χ4v) is 2.24. The van der Waals surface area contributed by atoms with Crippen LogP contribution in [0.4, 0.5) is 13.2 Å². The van der Waals surface area contributed by atoms with Gasteiger partial charge in [-0.2, -0.15) is 13.2 Å². The zero-order valence-electron chi connectivity index (χ0n) is 12.8. The molecular formula is C16H24F3NO. The predicted molar refractivity (Wildman–Crippen MR) is 78.1 cm³/mol. The van der Waals surface area contributed by atoms with E-state index in [1.165, 1.54) is 12.1 Å². The van der Waals surface area contributed by atoms with E-state index >= 15 is 0 Å². The standard InChI is InChI=1S/C16H24F3NO/c1-4-6-12(2)10-21-11-15(20-3)13-7-5-8-14(9-13)16(17,18)19/h5,7-9,12,15,20H,4,6,10-11H2,1-3H3. The molecule has 120 valence electrons. The molecule has 1 N–H and O–H groups in total. The monoisotopic (exact) mass is 303 g/mol. The molecule has 0 aliphatic rings. The second kappa shape index (κ2) is 8.39. The van der Waals surface area contributed by atoms with E-state index in [1.54, 1.807) is 13.1 Å². The van der Waals surface area contributed by atoms with Gasteiger partial charge in [-0.25, -0.2) is 0 Å². The molecule has 1 aromatic carbocycles. The van der Waals surface area contributed by atoms with Crippen LogP contribution in [0.5, 0.6) is 0 Å². The first kappa shape index (κ1) is 18.0. The molecule has 0 heterocycles. The van der Waals surface area contributed by atoms with Crippen LogP contribution in [-0.4, -0.2) is 20.3 Å². The Labute approximate surface area is 124 Å². The van der Waals surface area contributed by atoms with E-state index in [1.807, 2.05) is 0 Å². The lowest BCUT2D eigenvalue weighted by Crippen LogP contribution is -2.23. The summed E-state index contributed by atoms with van der Waals surface area (Å²) in [5, 5.41) is 3.01. The molecule has 0 aromatic heterocycles. The fraction of sp³-hybridized carbons (Fsp3) is 0.625. The fourth-order valence-electron chi connectivity index (χ4n) is 2.24. The number of hydrogen-bond donors (Lipinski definition) is 1. The molecule has 21 heavy (non-hydrogen) atoms. The molecule has 1 aromatic rings. The molecule has 2 nitrogen and oxygen atoms in total. The average Bonchev–Trinajstić information content (AvgIpc) is 2.43. The third kappa shape index (κ3) is 6.06. The molecule has 5 heteroatoms. The molecule has 0 aliphatic carbocycles. The summed E-state index contributed by atoms with van der Waals surface area (Å²) < 4.78 is 43.8. The van der Waals surface area contributed by atoms with E-state index in [-0.39, 0.29) is 6.04 Å². The van der Waals surface area contributed by atoms with Crippen molar-refractivity contribution in [2.75, 3.05) is 20.3 Å². The summed E-state index contributed by atoms with van der Waals surface area (Å²) >= 11 is 0. The minimum absolute atomic E-state index is 0.235. The van der Waals surface area contributed by atoms with Crippen LogP contribution in [0.15, 0.2) is 24.3 Å². The van der Waals surface area contributed by atoms with Crippen molar-refractivity contribution in [2.24, 2.45) is 5.92 Å². The zero-order valence-corrected chi connectivity index (χ0v) is 12.8. The van der Waals surface area contributed by atoms with Gasteiger partial charge in [-0.15, -0.1) is 0 Å². The van der Waals surface area contributed by atoms with Crippen LogP contribution in [0.2, 0.25) is 0 Å². The van der Waals surface area contributed by atoms with Crippen molar-refractivity contribution in [2.45, 2.75) is 38.9 Å². The van der Waals surface area contributed by atoms with Gasteiger partial charge in [0, 0.05) is 6.61 Å². The van der Waals surface area contributed by atoms with Crippen LogP contribution in [0.1, 0.15) is 43.9 Å². The predicted octanol–water partition coefficient (Wildman–Crippen LogP) is 4.42. The van der Waals surface area contributed by atoms with E-state index in [0.29, 0.717) is 24.7 Å². The maximum atomic E-state index is 12.7. The van der Waals surface area contributed by atoms with Crippen molar-refractivity contribution in [1.82, 2.24) is 5.32 Å². The number of likely N-dealkylation sites (N-methyl/N-ethyl adjacent to an activating group) is 1. The average molecular weight is 303 g/mol. The number of benzene rings is 1. The van der Waals surface area contributed by atoms with Gasteiger partial charge < -0.3 is 10.1 Å². The Hall–Kier alpha value is -1.07. The van der Waals surface area contributed by atoms with Crippen LogP contribution in [-0.2, 0) is 10.9 Å². The topological polar surface area (TPSA) is 21.3 Å². The number of hydrogen-bond acceptors (Lipinski definition) is 2. The lowest BCUT2D eigenvalue weighted by Gasteiger charge is -2.19. The van der Waals surface area contributed by atoms with E-state index < -0.39 is 11.7 Å². The Morgan fingerprint density at radius 1 is 1.24 bits per heavy atom. The molecule has 0 spiro atoms. The first-order valence-electron chi connectivity index (χ1n) is 7.30. The van der Waals surface area contributed by atoms with Crippen molar-refractivity contribution < 1.29 is 17.9 Å². The molecule has 2 unspecified atom stereocenters. The van der Waals surface area contributed by atoms with E-state index in [4.69, 9.17) is 4.74 Å². The van der Waals surface area contributed by atoms with Gasteiger partial charge in [0.05, 0.1) is 18.2 Å². The quantitative estimate of drug-likeness (QED) is 0.767. The smallest absolute Gasteiger partial charge is 0.379 e. The minimum atomic E-state index is -4.31. The van der Waals surface area contributed by atoms with E-state index in [9.17, 15) is 13.2 Å². The normalized spacial score (nSPS) is 15.0. The van der Waals surface area contributed by atoms with Crippen LogP contribution in [0, 0.1) is 5.92 Å². The third-order valence-electron chi connectivity index (χ3n) is 3.43. The summed E-state index contributed by atoms with van der Waals surface area (Å²) in [6, 6.07) is 5.15. The minimum Gasteiger partial charge on any atom is -0.379 e. The maximum absolute atomic E-state index is 12.7. The Bertz CT molecular complexity index is 420. The number of rotatable bonds is 8. The number of halogens is 3. The van der Waals surface area contributed by atoms with Gasteiger partial charge in [0.2, 0.25) is 0 Å². The van der Waals surface area contributed by atoms with Crippen molar-refractivity contribution >= 4 is 0 Å². The van der Waals surface area contributed by atoms with Crippen LogP contribution in [0.25, 0.3) is 0 Å².